The van der Waals surface area contributed by atoms with E-state index in [-0.39, 0.29) is 10.8 Å². The second-order valence-corrected chi connectivity index (χ2v) is 14.1. The van der Waals surface area contributed by atoms with Gasteiger partial charge in [-0.1, -0.05) is 18.2 Å². The molecule has 1 saturated heterocycles. The van der Waals surface area contributed by atoms with Crippen LogP contribution in [0.25, 0.3) is 0 Å². The van der Waals surface area contributed by atoms with Gasteiger partial charge < -0.3 is 15.1 Å². The van der Waals surface area contributed by atoms with E-state index in [2.05, 4.69) is 15.1 Å². The lowest BCUT2D eigenvalue weighted by Crippen LogP contribution is -2.39. The van der Waals surface area contributed by atoms with Crippen molar-refractivity contribution in [1.29, 1.82) is 0 Å². The van der Waals surface area contributed by atoms with Crippen LogP contribution in [0.5, 0.6) is 0 Å². The summed E-state index contributed by atoms with van der Waals surface area (Å²) in [5, 5.41) is 2.88. The van der Waals surface area contributed by atoms with Crippen molar-refractivity contribution in [3.05, 3.63) is 78.9 Å². The standard InChI is InChI=1S/C29H35N3O5S2/c1-38(34,35)27-12-8-24(9-13-27)30-29(33)22-23-16-18-31(19-17-23)20-21-32(25-6-4-3-5-7-25)26-10-14-28(15-11-26)39(2,36)37/h3-15,23H,16-22H2,1-2H3,(H,30,33). The van der Waals surface area contributed by atoms with Crippen LogP contribution in [0.4, 0.5) is 17.1 Å². The Bertz CT molecular complexity index is 1470. The number of nitrogens with zero attached hydrogens (tertiary/aromatic N) is 2. The Balaban J connectivity index is 1.29. The van der Waals surface area contributed by atoms with Crippen molar-refractivity contribution in [1.82, 2.24) is 4.90 Å². The predicted octanol–water partition coefficient (Wildman–Crippen LogP) is 4.37. The molecular formula is C29H35N3O5S2. The Morgan fingerprint density at radius 2 is 1.31 bits per heavy atom. The number of likely N-dealkylation sites (tertiary alicyclic amines) is 1. The molecule has 0 aromatic heterocycles. The van der Waals surface area contributed by atoms with Crippen LogP contribution in [-0.2, 0) is 24.5 Å². The van der Waals surface area contributed by atoms with E-state index in [1.165, 1.54) is 18.4 Å². The summed E-state index contributed by atoms with van der Waals surface area (Å²) in [7, 11) is -6.52. The van der Waals surface area contributed by atoms with Gasteiger partial charge in [-0.25, -0.2) is 16.8 Å². The Hall–Kier alpha value is -3.21. The number of sulfone groups is 2. The first-order valence-electron chi connectivity index (χ1n) is 12.9. The molecule has 8 nitrogen and oxygen atoms in total. The number of para-hydroxylation sites is 1. The fourth-order valence-electron chi connectivity index (χ4n) is 4.80. The van der Waals surface area contributed by atoms with Gasteiger partial charge in [-0.3, -0.25) is 4.79 Å². The molecule has 3 aromatic rings. The zero-order chi connectivity index (χ0) is 28.0. The van der Waals surface area contributed by atoms with Crippen LogP contribution >= 0.6 is 0 Å². The number of piperidine rings is 1. The van der Waals surface area contributed by atoms with Crippen molar-refractivity contribution in [2.75, 3.05) is 48.9 Å². The maximum absolute atomic E-state index is 12.6. The molecule has 0 radical (unpaired) electrons. The molecule has 4 rings (SSSR count). The highest BCUT2D eigenvalue weighted by atomic mass is 32.2. The molecule has 39 heavy (non-hydrogen) atoms. The summed E-state index contributed by atoms with van der Waals surface area (Å²) in [6.45, 7) is 3.39. The number of carbonyl (C=O) groups is 1. The van der Waals surface area contributed by atoms with E-state index in [4.69, 9.17) is 0 Å². The van der Waals surface area contributed by atoms with Crippen LogP contribution in [0.15, 0.2) is 88.7 Å². The molecule has 1 aliphatic heterocycles. The van der Waals surface area contributed by atoms with Crippen molar-refractivity contribution in [3.63, 3.8) is 0 Å². The van der Waals surface area contributed by atoms with Gasteiger partial charge in [0.05, 0.1) is 9.79 Å². The highest BCUT2D eigenvalue weighted by Crippen LogP contribution is 2.27. The number of hydrogen-bond donors (Lipinski definition) is 1. The molecular weight excluding hydrogens is 534 g/mol. The van der Waals surface area contributed by atoms with E-state index in [9.17, 15) is 21.6 Å². The first-order valence-corrected chi connectivity index (χ1v) is 16.7. The minimum atomic E-state index is -3.27. The SMILES string of the molecule is CS(=O)(=O)c1ccc(NC(=O)CC2CCN(CCN(c3ccccc3)c3ccc(S(C)(=O)=O)cc3)CC2)cc1. The molecule has 1 heterocycles. The normalized spacial score (nSPS) is 15.1. The number of rotatable bonds is 10. The average molecular weight is 570 g/mol. The fraction of sp³-hybridized carbons (Fsp3) is 0.345. The zero-order valence-corrected chi connectivity index (χ0v) is 23.9. The van der Waals surface area contributed by atoms with Crippen LogP contribution in [0, 0.1) is 5.92 Å². The van der Waals surface area contributed by atoms with Crippen molar-refractivity contribution in [2.45, 2.75) is 29.1 Å². The third kappa shape index (κ3) is 8.14. The molecule has 3 aromatic carbocycles. The molecule has 0 unspecified atom stereocenters. The van der Waals surface area contributed by atoms with Crippen LogP contribution in [-0.4, -0.2) is 66.3 Å². The van der Waals surface area contributed by atoms with Crippen LogP contribution in [0.2, 0.25) is 0 Å². The lowest BCUT2D eigenvalue weighted by Gasteiger charge is -2.34. The monoisotopic (exact) mass is 569 g/mol. The minimum Gasteiger partial charge on any atom is -0.340 e. The molecule has 10 heteroatoms. The number of anilines is 3. The number of hydrogen-bond acceptors (Lipinski definition) is 7. The Kier molecular flexibility index (Phi) is 9.09. The van der Waals surface area contributed by atoms with Crippen molar-refractivity contribution >= 4 is 42.6 Å². The molecule has 1 amide bonds. The van der Waals surface area contributed by atoms with Gasteiger partial charge in [-0.15, -0.1) is 0 Å². The molecule has 1 aliphatic rings. The van der Waals surface area contributed by atoms with E-state index in [1.54, 1.807) is 24.3 Å². The van der Waals surface area contributed by atoms with Crippen molar-refractivity contribution in [3.8, 4) is 0 Å². The van der Waals surface area contributed by atoms with Crippen molar-refractivity contribution < 1.29 is 21.6 Å². The Labute approximate surface area is 231 Å². The molecule has 0 bridgehead atoms. The Morgan fingerprint density at radius 3 is 1.85 bits per heavy atom. The van der Waals surface area contributed by atoms with Gasteiger partial charge in [0.25, 0.3) is 0 Å². The van der Waals surface area contributed by atoms with E-state index in [0.29, 0.717) is 22.9 Å². The lowest BCUT2D eigenvalue weighted by atomic mass is 9.93. The minimum absolute atomic E-state index is 0.0617. The van der Waals surface area contributed by atoms with E-state index < -0.39 is 19.7 Å². The van der Waals surface area contributed by atoms with Gasteiger partial charge in [0.15, 0.2) is 19.7 Å². The number of nitrogens with one attached hydrogen (secondary N) is 1. The maximum atomic E-state index is 12.6. The second kappa shape index (κ2) is 12.3. The molecule has 0 saturated carbocycles. The predicted molar refractivity (Wildman–Crippen MR) is 155 cm³/mol. The van der Waals surface area contributed by atoms with Gasteiger partial charge in [-0.2, -0.15) is 0 Å². The van der Waals surface area contributed by atoms with E-state index in [0.717, 1.165) is 56.7 Å². The van der Waals surface area contributed by atoms with E-state index >= 15 is 0 Å². The van der Waals surface area contributed by atoms with Gasteiger partial charge in [0.2, 0.25) is 5.91 Å². The van der Waals surface area contributed by atoms with Crippen LogP contribution < -0.4 is 10.2 Å². The smallest absolute Gasteiger partial charge is 0.224 e. The third-order valence-electron chi connectivity index (χ3n) is 7.03. The summed E-state index contributed by atoms with van der Waals surface area (Å²) < 4.78 is 47.0. The quantitative estimate of drug-likeness (QED) is 0.387. The molecule has 0 aliphatic carbocycles. The molecule has 0 spiro atoms. The van der Waals surface area contributed by atoms with Crippen LogP contribution in [0.3, 0.4) is 0 Å². The van der Waals surface area contributed by atoms with Gasteiger partial charge >= 0.3 is 0 Å². The maximum Gasteiger partial charge on any atom is 0.224 e. The zero-order valence-electron chi connectivity index (χ0n) is 22.3. The Morgan fingerprint density at radius 1 is 0.795 bits per heavy atom. The molecule has 208 valence electrons. The molecule has 0 atom stereocenters. The highest BCUT2D eigenvalue weighted by Gasteiger charge is 2.22. The third-order valence-corrected chi connectivity index (χ3v) is 9.29. The van der Waals surface area contributed by atoms with E-state index in [1.807, 2.05) is 42.5 Å². The summed E-state index contributed by atoms with van der Waals surface area (Å²) in [5.41, 5.74) is 2.57. The van der Waals surface area contributed by atoms with Crippen molar-refractivity contribution in [2.24, 2.45) is 5.92 Å². The topological polar surface area (TPSA) is 104 Å². The van der Waals surface area contributed by atoms with Crippen LogP contribution in [0.1, 0.15) is 19.3 Å². The number of benzene rings is 3. The first-order chi connectivity index (χ1) is 18.5. The molecule has 1 fully saturated rings. The highest BCUT2D eigenvalue weighted by molar-refractivity contribution is 7.91. The lowest BCUT2D eigenvalue weighted by molar-refractivity contribution is -0.117. The van der Waals surface area contributed by atoms with Gasteiger partial charge in [0, 0.05) is 49.1 Å². The summed E-state index contributed by atoms with van der Waals surface area (Å²) in [5.74, 6) is 0.235. The fourth-order valence-corrected chi connectivity index (χ4v) is 6.06. The average Bonchev–Trinajstić information content (AvgIpc) is 2.90. The first kappa shape index (κ1) is 28.8. The summed E-state index contributed by atoms with van der Waals surface area (Å²) in [6, 6.07) is 23.3. The summed E-state index contributed by atoms with van der Waals surface area (Å²) >= 11 is 0. The summed E-state index contributed by atoms with van der Waals surface area (Å²) in [4.78, 5) is 17.7. The van der Waals surface area contributed by atoms with Gasteiger partial charge in [0.1, 0.15) is 0 Å². The summed E-state index contributed by atoms with van der Waals surface area (Å²) in [6.07, 6.45) is 4.65. The second-order valence-electron chi connectivity index (χ2n) is 10.1. The largest absolute Gasteiger partial charge is 0.340 e. The number of amides is 1. The molecule has 1 N–H and O–H groups in total. The number of carbonyl (C=O) groups excluding carboxylic acids is 1. The van der Waals surface area contributed by atoms with Gasteiger partial charge in [-0.05, 0) is 92.5 Å².